The Morgan fingerprint density at radius 2 is 1.88 bits per heavy atom. The number of nitrogens with zero attached hydrogens (tertiary/aromatic N) is 5. The lowest BCUT2D eigenvalue weighted by Crippen LogP contribution is -2.25. The van der Waals surface area contributed by atoms with Crippen LogP contribution in [-0.2, 0) is 13.0 Å². The number of hydrogen-bond donors (Lipinski definition) is 0. The van der Waals surface area contributed by atoms with Crippen molar-refractivity contribution in [2.24, 2.45) is 0 Å². The van der Waals surface area contributed by atoms with Crippen molar-refractivity contribution < 1.29 is 4.92 Å². The topological polar surface area (TPSA) is 77.1 Å². The van der Waals surface area contributed by atoms with Gasteiger partial charge in [0.1, 0.15) is 5.82 Å². The second kappa shape index (κ2) is 6.22. The molecule has 1 fully saturated rings. The molecule has 4 rings (SSSR count). The van der Waals surface area contributed by atoms with Crippen LogP contribution >= 0.6 is 0 Å². The number of non-ortho nitro benzene ring substituents is 1. The molecular weight excluding hydrogens is 306 g/mol. The van der Waals surface area contributed by atoms with E-state index in [9.17, 15) is 10.1 Å². The maximum atomic E-state index is 10.8. The first-order valence-electron chi connectivity index (χ1n) is 8.67. The average molecular weight is 327 g/mol. The average Bonchev–Trinajstić information content (AvgIpc) is 3.16. The lowest BCUT2D eigenvalue weighted by atomic mass is 10.2. The first kappa shape index (κ1) is 15.1. The van der Waals surface area contributed by atoms with Crippen LogP contribution in [-0.4, -0.2) is 26.2 Å². The molecule has 0 N–H and O–H groups in total. The van der Waals surface area contributed by atoms with E-state index in [0.29, 0.717) is 0 Å². The summed E-state index contributed by atoms with van der Waals surface area (Å²) >= 11 is 0. The van der Waals surface area contributed by atoms with Crippen LogP contribution in [0.25, 0.3) is 0 Å². The number of fused-ring (bicyclic) bond motifs is 1. The zero-order valence-electron chi connectivity index (χ0n) is 13.6. The molecule has 7 heteroatoms. The van der Waals surface area contributed by atoms with E-state index in [-0.39, 0.29) is 16.7 Å². The van der Waals surface area contributed by atoms with Gasteiger partial charge in [-0.3, -0.25) is 10.1 Å². The molecule has 126 valence electrons. The largest absolute Gasteiger partial charge is 0.361 e. The Hall–Kier alpha value is -2.44. The number of aryl methyl sites for hydroxylation is 1. The van der Waals surface area contributed by atoms with Gasteiger partial charge in [0.2, 0.25) is 0 Å². The molecule has 3 heterocycles. The van der Waals surface area contributed by atoms with Crippen LogP contribution in [0.4, 0.5) is 11.4 Å². The van der Waals surface area contributed by atoms with Gasteiger partial charge in [-0.1, -0.05) is 6.42 Å². The smallest absolute Gasteiger partial charge is 0.269 e. The van der Waals surface area contributed by atoms with Gasteiger partial charge >= 0.3 is 0 Å². The summed E-state index contributed by atoms with van der Waals surface area (Å²) in [6, 6.07) is 7.06. The second-order valence-corrected chi connectivity index (χ2v) is 6.56. The molecule has 0 aliphatic carbocycles. The number of aromatic nitrogens is 3. The lowest BCUT2D eigenvalue weighted by Gasteiger charge is -2.26. The monoisotopic (exact) mass is 327 g/mol. The third-order valence-electron chi connectivity index (χ3n) is 5.08. The van der Waals surface area contributed by atoms with Crippen molar-refractivity contribution in [2.75, 3.05) is 11.4 Å². The number of nitro benzene ring substituents is 1. The summed E-state index contributed by atoms with van der Waals surface area (Å²) in [6.07, 6.45) is 6.78. The molecule has 0 saturated carbocycles. The van der Waals surface area contributed by atoms with Crippen LogP contribution < -0.4 is 4.90 Å². The number of nitro groups is 1. The normalized spacial score (nSPS) is 20.7. The maximum Gasteiger partial charge on any atom is 0.269 e. The van der Waals surface area contributed by atoms with Gasteiger partial charge in [-0.15, -0.1) is 10.2 Å². The van der Waals surface area contributed by atoms with Crippen molar-refractivity contribution in [3.63, 3.8) is 0 Å². The van der Waals surface area contributed by atoms with Gasteiger partial charge in [-0.2, -0.15) is 0 Å². The molecule has 1 saturated heterocycles. The molecule has 0 radical (unpaired) electrons. The number of hydrogen-bond acceptors (Lipinski definition) is 5. The Labute approximate surface area is 140 Å². The molecule has 2 aliphatic rings. The molecule has 0 bridgehead atoms. The van der Waals surface area contributed by atoms with Gasteiger partial charge in [0, 0.05) is 37.3 Å². The Kier molecular flexibility index (Phi) is 3.92. The molecular formula is C17H21N5O2. The fourth-order valence-corrected chi connectivity index (χ4v) is 3.86. The zero-order chi connectivity index (χ0) is 16.5. The van der Waals surface area contributed by atoms with E-state index in [0.717, 1.165) is 49.7 Å². The molecule has 1 aromatic carbocycles. The van der Waals surface area contributed by atoms with E-state index < -0.39 is 0 Å². The predicted molar refractivity (Wildman–Crippen MR) is 90.0 cm³/mol. The Morgan fingerprint density at radius 1 is 1.04 bits per heavy atom. The molecule has 1 atom stereocenters. The van der Waals surface area contributed by atoms with Crippen molar-refractivity contribution in [3.8, 4) is 0 Å². The molecule has 2 aliphatic heterocycles. The van der Waals surface area contributed by atoms with Crippen LogP contribution in [0.15, 0.2) is 24.3 Å². The quantitative estimate of drug-likeness (QED) is 0.639. The molecule has 1 unspecified atom stereocenters. The zero-order valence-corrected chi connectivity index (χ0v) is 13.6. The summed E-state index contributed by atoms with van der Waals surface area (Å²) < 4.78 is 2.31. The van der Waals surface area contributed by atoms with Gasteiger partial charge in [0.25, 0.3) is 5.69 Å². The highest BCUT2D eigenvalue weighted by atomic mass is 16.6. The third kappa shape index (κ3) is 2.64. The number of rotatable bonds is 3. The van der Waals surface area contributed by atoms with Gasteiger partial charge in [-0.25, -0.2) is 0 Å². The number of benzene rings is 1. The van der Waals surface area contributed by atoms with Crippen LogP contribution in [0.1, 0.15) is 49.8 Å². The fourth-order valence-electron chi connectivity index (χ4n) is 3.86. The van der Waals surface area contributed by atoms with Crippen molar-refractivity contribution >= 4 is 11.4 Å². The Morgan fingerprint density at radius 3 is 2.67 bits per heavy atom. The number of anilines is 1. The highest BCUT2D eigenvalue weighted by molar-refractivity contribution is 5.52. The van der Waals surface area contributed by atoms with Crippen molar-refractivity contribution in [1.29, 1.82) is 0 Å². The SMILES string of the molecule is O=[N+]([O-])c1ccc(N2CCCC2c2nnc3n2CCCCC3)cc1. The van der Waals surface area contributed by atoms with Gasteiger partial charge < -0.3 is 9.47 Å². The van der Waals surface area contributed by atoms with Crippen LogP contribution in [0, 0.1) is 10.1 Å². The second-order valence-electron chi connectivity index (χ2n) is 6.56. The van der Waals surface area contributed by atoms with Crippen LogP contribution in [0.5, 0.6) is 0 Å². The lowest BCUT2D eigenvalue weighted by molar-refractivity contribution is -0.384. The minimum atomic E-state index is -0.357. The van der Waals surface area contributed by atoms with E-state index in [1.54, 1.807) is 12.1 Å². The summed E-state index contributed by atoms with van der Waals surface area (Å²) in [5.74, 6) is 2.17. The van der Waals surface area contributed by atoms with E-state index in [1.165, 1.54) is 19.3 Å². The molecule has 1 aromatic heterocycles. The van der Waals surface area contributed by atoms with Gasteiger partial charge in [0.05, 0.1) is 11.0 Å². The van der Waals surface area contributed by atoms with Crippen molar-refractivity contribution in [1.82, 2.24) is 14.8 Å². The fraction of sp³-hybridized carbons (Fsp3) is 0.529. The molecule has 2 aromatic rings. The highest BCUT2D eigenvalue weighted by Crippen LogP contribution is 2.36. The molecule has 0 amide bonds. The van der Waals surface area contributed by atoms with E-state index in [1.807, 2.05) is 12.1 Å². The summed E-state index contributed by atoms with van der Waals surface area (Å²) in [7, 11) is 0. The Balaban J connectivity index is 1.63. The predicted octanol–water partition coefficient (Wildman–Crippen LogP) is 3.25. The Bertz CT molecular complexity index is 740. The summed E-state index contributed by atoms with van der Waals surface area (Å²) in [6.45, 7) is 1.95. The van der Waals surface area contributed by atoms with Crippen molar-refractivity contribution in [3.05, 3.63) is 46.0 Å². The standard InChI is InChI=1S/C17H21N5O2/c23-22(24)14-9-7-13(8-10-14)20-12-4-5-15(20)17-19-18-16-6-2-1-3-11-21(16)17/h7-10,15H,1-6,11-12H2. The van der Waals surface area contributed by atoms with Crippen LogP contribution in [0.3, 0.4) is 0 Å². The molecule has 24 heavy (non-hydrogen) atoms. The van der Waals surface area contributed by atoms with Gasteiger partial charge in [0.15, 0.2) is 5.82 Å². The summed E-state index contributed by atoms with van der Waals surface area (Å²) in [5.41, 5.74) is 1.15. The third-order valence-corrected chi connectivity index (χ3v) is 5.08. The van der Waals surface area contributed by atoms with E-state index in [2.05, 4.69) is 19.7 Å². The summed E-state index contributed by atoms with van der Waals surface area (Å²) in [5, 5.41) is 19.8. The molecule has 0 spiro atoms. The summed E-state index contributed by atoms with van der Waals surface area (Å²) in [4.78, 5) is 12.8. The van der Waals surface area contributed by atoms with Gasteiger partial charge in [-0.05, 0) is 37.8 Å². The van der Waals surface area contributed by atoms with E-state index in [4.69, 9.17) is 0 Å². The van der Waals surface area contributed by atoms with Crippen LogP contribution in [0.2, 0.25) is 0 Å². The minimum absolute atomic E-state index is 0.130. The molecule has 7 nitrogen and oxygen atoms in total. The first-order valence-corrected chi connectivity index (χ1v) is 8.67. The van der Waals surface area contributed by atoms with Crippen molar-refractivity contribution in [2.45, 2.75) is 51.1 Å². The van der Waals surface area contributed by atoms with E-state index >= 15 is 0 Å². The minimum Gasteiger partial charge on any atom is -0.361 e. The highest BCUT2D eigenvalue weighted by Gasteiger charge is 2.31. The first-order chi connectivity index (χ1) is 11.7. The maximum absolute atomic E-state index is 10.8.